The second-order valence-corrected chi connectivity index (χ2v) is 9.06. The van der Waals surface area contributed by atoms with E-state index in [2.05, 4.69) is 4.98 Å². The molecule has 2 aliphatic rings. The number of hydrogen-bond acceptors (Lipinski definition) is 5. The molecule has 30 heavy (non-hydrogen) atoms. The Morgan fingerprint density at radius 1 is 1.33 bits per heavy atom. The largest absolute Gasteiger partial charge is 0.503 e. The Hall–Kier alpha value is -2.71. The van der Waals surface area contributed by atoms with Crippen LogP contribution in [0.25, 0.3) is 10.6 Å². The molecule has 2 aliphatic heterocycles. The summed E-state index contributed by atoms with van der Waals surface area (Å²) < 4.78 is 15.9. The molecule has 154 valence electrons. The van der Waals surface area contributed by atoms with E-state index in [-0.39, 0.29) is 34.6 Å². The lowest BCUT2D eigenvalue weighted by Gasteiger charge is -2.32. The van der Waals surface area contributed by atoms with E-state index in [4.69, 9.17) is 11.6 Å². The summed E-state index contributed by atoms with van der Waals surface area (Å²) in [5.74, 6) is -1.32. The zero-order chi connectivity index (χ0) is 21.0. The van der Waals surface area contributed by atoms with Crippen molar-refractivity contribution in [2.24, 2.45) is 0 Å². The van der Waals surface area contributed by atoms with Crippen molar-refractivity contribution in [3.63, 3.8) is 0 Å². The summed E-state index contributed by atoms with van der Waals surface area (Å²) in [4.78, 5) is 32.3. The van der Waals surface area contributed by atoms with Gasteiger partial charge >= 0.3 is 0 Å². The standard InChI is InChI=1S/C21H17ClFN3O3S/c22-15-5-1-3-11(16(15)23)7-13-8-24-20(30-13)14-10-25-9-12-4-2-6-26(12)21(29)17(25)19(28)18(14)27/h1,3,5,8,10,12,28H,2,4,6-7,9H2/t12-/m1/s1. The minimum atomic E-state index is -0.623. The average Bonchev–Trinajstić information content (AvgIpc) is 3.38. The van der Waals surface area contributed by atoms with Crippen LogP contribution in [0.5, 0.6) is 5.75 Å². The number of halogens is 2. The number of aromatic hydroxyl groups is 1. The van der Waals surface area contributed by atoms with Gasteiger partial charge in [-0.05, 0) is 24.5 Å². The van der Waals surface area contributed by atoms with Crippen molar-refractivity contribution in [3.8, 4) is 16.3 Å². The van der Waals surface area contributed by atoms with Gasteiger partial charge in [-0.3, -0.25) is 9.59 Å². The Morgan fingerprint density at radius 3 is 3.00 bits per heavy atom. The molecule has 9 heteroatoms. The van der Waals surface area contributed by atoms with Crippen LogP contribution in [0.3, 0.4) is 0 Å². The second-order valence-electron chi connectivity index (χ2n) is 7.54. The van der Waals surface area contributed by atoms with Crippen molar-refractivity contribution in [1.29, 1.82) is 0 Å². The predicted molar refractivity (Wildman–Crippen MR) is 112 cm³/mol. The minimum absolute atomic E-state index is 0.0414. The summed E-state index contributed by atoms with van der Waals surface area (Å²) in [6, 6.07) is 4.90. The predicted octanol–water partition coefficient (Wildman–Crippen LogP) is 3.68. The molecule has 0 unspecified atom stereocenters. The van der Waals surface area contributed by atoms with E-state index in [0.717, 1.165) is 17.7 Å². The van der Waals surface area contributed by atoms with Crippen LogP contribution in [0, 0.1) is 5.82 Å². The fourth-order valence-electron chi connectivity index (χ4n) is 4.21. The van der Waals surface area contributed by atoms with Crippen LogP contribution >= 0.6 is 22.9 Å². The highest BCUT2D eigenvalue weighted by molar-refractivity contribution is 7.15. The molecule has 2 aromatic heterocycles. The van der Waals surface area contributed by atoms with Crippen molar-refractivity contribution < 1.29 is 14.3 Å². The van der Waals surface area contributed by atoms with Crippen molar-refractivity contribution in [2.45, 2.75) is 31.8 Å². The van der Waals surface area contributed by atoms with Gasteiger partial charge in [-0.15, -0.1) is 11.3 Å². The number of thiazole rings is 1. The van der Waals surface area contributed by atoms with Crippen molar-refractivity contribution >= 4 is 28.8 Å². The van der Waals surface area contributed by atoms with Crippen LogP contribution in [-0.2, 0) is 13.0 Å². The highest BCUT2D eigenvalue weighted by Crippen LogP contribution is 2.33. The number of rotatable bonds is 3. The lowest BCUT2D eigenvalue weighted by atomic mass is 10.1. The monoisotopic (exact) mass is 445 g/mol. The van der Waals surface area contributed by atoms with Crippen molar-refractivity contribution in [3.05, 3.63) is 67.8 Å². The molecule has 3 aromatic rings. The Kier molecular flexibility index (Phi) is 4.63. The molecule has 1 saturated heterocycles. The molecule has 0 spiro atoms. The van der Waals surface area contributed by atoms with Gasteiger partial charge in [0.05, 0.1) is 16.6 Å². The maximum absolute atomic E-state index is 14.2. The number of nitrogens with zero attached hydrogens (tertiary/aromatic N) is 3. The Bertz CT molecular complexity index is 1240. The maximum atomic E-state index is 14.2. The number of hydrogen-bond donors (Lipinski definition) is 1. The first-order chi connectivity index (χ1) is 14.4. The molecule has 0 radical (unpaired) electrons. The molecule has 0 saturated carbocycles. The number of amides is 1. The molecule has 4 heterocycles. The summed E-state index contributed by atoms with van der Waals surface area (Å²) in [5.41, 5.74) is 0.0923. The molecule has 1 aromatic carbocycles. The van der Waals surface area contributed by atoms with Gasteiger partial charge < -0.3 is 14.6 Å². The third-order valence-electron chi connectivity index (χ3n) is 5.68. The van der Waals surface area contributed by atoms with Crippen LogP contribution in [0.1, 0.15) is 33.8 Å². The maximum Gasteiger partial charge on any atom is 0.274 e. The van der Waals surface area contributed by atoms with Crippen LogP contribution < -0.4 is 5.43 Å². The Balaban J connectivity index is 1.52. The molecule has 1 N–H and O–H groups in total. The molecule has 1 atom stereocenters. The summed E-state index contributed by atoms with van der Waals surface area (Å²) in [6.07, 6.45) is 5.30. The smallest absolute Gasteiger partial charge is 0.274 e. The number of fused-ring (bicyclic) bond motifs is 2. The normalized spacial score (nSPS) is 17.9. The van der Waals surface area contributed by atoms with E-state index in [1.807, 2.05) is 0 Å². The summed E-state index contributed by atoms with van der Waals surface area (Å²) in [6.45, 7) is 1.18. The Labute approximate surface area is 180 Å². The van der Waals surface area contributed by atoms with Crippen LogP contribution in [0.2, 0.25) is 5.02 Å². The van der Waals surface area contributed by atoms with E-state index in [1.165, 1.54) is 17.4 Å². The lowest BCUT2D eigenvalue weighted by molar-refractivity contribution is 0.0661. The third kappa shape index (κ3) is 3.02. The van der Waals surface area contributed by atoms with Gasteiger partial charge in [0.15, 0.2) is 11.4 Å². The molecule has 5 rings (SSSR count). The molecular formula is C21H17ClFN3O3S. The zero-order valence-electron chi connectivity index (χ0n) is 15.8. The van der Waals surface area contributed by atoms with Gasteiger partial charge in [-0.2, -0.15) is 0 Å². The number of benzene rings is 1. The van der Waals surface area contributed by atoms with E-state index in [0.29, 0.717) is 23.7 Å². The van der Waals surface area contributed by atoms with E-state index in [1.54, 1.807) is 34.0 Å². The highest BCUT2D eigenvalue weighted by Gasteiger charge is 2.38. The van der Waals surface area contributed by atoms with Gasteiger partial charge in [0, 0.05) is 36.8 Å². The first-order valence-electron chi connectivity index (χ1n) is 9.59. The first-order valence-corrected chi connectivity index (χ1v) is 10.8. The van der Waals surface area contributed by atoms with Gasteiger partial charge in [0.25, 0.3) is 5.91 Å². The molecule has 6 nitrogen and oxygen atoms in total. The van der Waals surface area contributed by atoms with E-state index < -0.39 is 17.0 Å². The van der Waals surface area contributed by atoms with E-state index in [9.17, 15) is 19.1 Å². The summed E-state index contributed by atoms with van der Waals surface area (Å²) >= 11 is 7.10. The highest BCUT2D eigenvalue weighted by atomic mass is 35.5. The number of carbonyl (C=O) groups is 1. The number of carbonyl (C=O) groups excluding carboxylic acids is 1. The number of pyridine rings is 1. The third-order valence-corrected chi connectivity index (χ3v) is 7.01. The number of aromatic nitrogens is 2. The fourth-order valence-corrected chi connectivity index (χ4v) is 5.35. The summed E-state index contributed by atoms with van der Waals surface area (Å²) in [7, 11) is 0. The topological polar surface area (TPSA) is 75.4 Å². The van der Waals surface area contributed by atoms with Crippen LogP contribution in [0.15, 0.2) is 35.4 Å². The quantitative estimate of drug-likeness (QED) is 0.667. The molecule has 0 aliphatic carbocycles. The lowest BCUT2D eigenvalue weighted by Crippen LogP contribution is -2.45. The average molecular weight is 446 g/mol. The second kappa shape index (κ2) is 7.21. The van der Waals surface area contributed by atoms with Gasteiger partial charge in [0.1, 0.15) is 10.8 Å². The van der Waals surface area contributed by atoms with Crippen LogP contribution in [-0.4, -0.2) is 38.1 Å². The van der Waals surface area contributed by atoms with Gasteiger partial charge in [-0.1, -0.05) is 23.7 Å². The first kappa shape index (κ1) is 19.3. The Morgan fingerprint density at radius 2 is 2.17 bits per heavy atom. The fraction of sp³-hybridized carbons (Fsp3) is 0.286. The van der Waals surface area contributed by atoms with Gasteiger partial charge in [-0.25, -0.2) is 9.37 Å². The molecule has 1 amide bonds. The minimum Gasteiger partial charge on any atom is -0.503 e. The SMILES string of the molecule is O=C1c2c(O)c(=O)c(-c3ncc(Cc4cccc(Cl)c4F)s3)cn2C[C@H]2CCCN12. The van der Waals surface area contributed by atoms with Crippen molar-refractivity contribution in [1.82, 2.24) is 14.5 Å². The summed E-state index contributed by atoms with van der Waals surface area (Å²) in [5, 5.41) is 11.0. The van der Waals surface area contributed by atoms with E-state index >= 15 is 0 Å². The molecule has 1 fully saturated rings. The van der Waals surface area contributed by atoms with Crippen LogP contribution in [0.4, 0.5) is 4.39 Å². The van der Waals surface area contributed by atoms with Gasteiger partial charge in [0.2, 0.25) is 5.43 Å². The molecular weight excluding hydrogens is 429 g/mol. The zero-order valence-corrected chi connectivity index (χ0v) is 17.3. The molecule has 0 bridgehead atoms. The van der Waals surface area contributed by atoms with Crippen molar-refractivity contribution in [2.75, 3.05) is 6.54 Å².